The molecule has 0 amide bonds. The van der Waals surface area contributed by atoms with E-state index in [0.29, 0.717) is 12.8 Å². The van der Waals surface area contributed by atoms with Gasteiger partial charge in [-0.25, -0.2) is 0 Å². The SMILES string of the molecule is CCCCCCCCCCCCCCC(OC(=O)C1CCCCC1C(=O)O)C(C)C. The molecule has 1 fully saturated rings. The van der Waals surface area contributed by atoms with Crippen molar-refractivity contribution in [3.8, 4) is 0 Å². The first-order chi connectivity index (χ1) is 14.5. The summed E-state index contributed by atoms with van der Waals surface area (Å²) in [7, 11) is 0. The molecule has 0 aromatic rings. The Bertz CT molecular complexity index is 460. The van der Waals surface area contributed by atoms with Crippen LogP contribution >= 0.6 is 0 Å². The largest absolute Gasteiger partial charge is 0.481 e. The molecule has 0 heterocycles. The molecule has 1 saturated carbocycles. The van der Waals surface area contributed by atoms with Crippen LogP contribution < -0.4 is 0 Å². The Labute approximate surface area is 185 Å². The highest BCUT2D eigenvalue weighted by molar-refractivity contribution is 5.81. The molecule has 0 aromatic carbocycles. The van der Waals surface area contributed by atoms with E-state index < -0.39 is 17.8 Å². The molecular weight excluding hydrogens is 376 g/mol. The highest BCUT2D eigenvalue weighted by atomic mass is 16.5. The number of carboxylic acids is 1. The van der Waals surface area contributed by atoms with Crippen molar-refractivity contribution in [1.82, 2.24) is 0 Å². The number of hydrogen-bond acceptors (Lipinski definition) is 3. The van der Waals surface area contributed by atoms with Crippen LogP contribution in [0.2, 0.25) is 0 Å². The van der Waals surface area contributed by atoms with Crippen molar-refractivity contribution in [3.05, 3.63) is 0 Å². The Hall–Kier alpha value is -1.06. The molecule has 176 valence electrons. The summed E-state index contributed by atoms with van der Waals surface area (Å²) < 4.78 is 5.83. The van der Waals surface area contributed by atoms with Crippen LogP contribution in [0.3, 0.4) is 0 Å². The summed E-state index contributed by atoms with van der Waals surface area (Å²) >= 11 is 0. The summed E-state index contributed by atoms with van der Waals surface area (Å²) in [5.41, 5.74) is 0. The predicted octanol–water partition coefficient (Wildman–Crippen LogP) is 7.54. The summed E-state index contributed by atoms with van der Waals surface area (Å²) in [4.78, 5) is 24.1. The average molecular weight is 425 g/mol. The van der Waals surface area contributed by atoms with Crippen LogP contribution in [0, 0.1) is 17.8 Å². The summed E-state index contributed by atoms with van der Waals surface area (Å²) in [6, 6.07) is 0. The molecule has 3 atom stereocenters. The van der Waals surface area contributed by atoms with E-state index in [4.69, 9.17) is 4.74 Å². The maximum Gasteiger partial charge on any atom is 0.310 e. The third kappa shape index (κ3) is 11.4. The van der Waals surface area contributed by atoms with Gasteiger partial charge in [0.25, 0.3) is 0 Å². The van der Waals surface area contributed by atoms with Crippen LogP contribution in [0.4, 0.5) is 0 Å². The average Bonchev–Trinajstić information content (AvgIpc) is 2.73. The lowest BCUT2D eigenvalue weighted by Gasteiger charge is -2.30. The van der Waals surface area contributed by atoms with Crippen molar-refractivity contribution in [3.63, 3.8) is 0 Å². The first-order valence-electron chi connectivity index (χ1n) is 12.9. The minimum Gasteiger partial charge on any atom is -0.481 e. The Morgan fingerprint density at radius 3 is 1.73 bits per heavy atom. The van der Waals surface area contributed by atoms with Gasteiger partial charge in [0.15, 0.2) is 0 Å². The van der Waals surface area contributed by atoms with Gasteiger partial charge in [-0.1, -0.05) is 104 Å². The first kappa shape index (κ1) is 27.0. The van der Waals surface area contributed by atoms with Crippen LogP contribution in [-0.2, 0) is 14.3 Å². The molecule has 0 radical (unpaired) electrons. The fraction of sp³-hybridized carbons (Fsp3) is 0.923. The maximum absolute atomic E-state index is 12.7. The molecule has 4 nitrogen and oxygen atoms in total. The van der Waals surface area contributed by atoms with Crippen molar-refractivity contribution in [1.29, 1.82) is 0 Å². The molecule has 1 rings (SSSR count). The van der Waals surface area contributed by atoms with E-state index in [1.807, 2.05) is 0 Å². The van der Waals surface area contributed by atoms with Gasteiger partial charge in [-0.15, -0.1) is 0 Å². The van der Waals surface area contributed by atoms with Crippen molar-refractivity contribution in [2.24, 2.45) is 17.8 Å². The molecule has 4 heteroatoms. The van der Waals surface area contributed by atoms with E-state index in [9.17, 15) is 14.7 Å². The molecule has 0 bridgehead atoms. The number of unbranched alkanes of at least 4 members (excludes halogenated alkanes) is 11. The monoisotopic (exact) mass is 424 g/mol. The van der Waals surface area contributed by atoms with Crippen LogP contribution in [0.5, 0.6) is 0 Å². The Balaban J connectivity index is 2.17. The van der Waals surface area contributed by atoms with Gasteiger partial charge >= 0.3 is 11.9 Å². The second-order valence-corrected chi connectivity index (χ2v) is 9.73. The van der Waals surface area contributed by atoms with Gasteiger partial charge in [0.1, 0.15) is 6.10 Å². The van der Waals surface area contributed by atoms with Crippen LogP contribution in [-0.4, -0.2) is 23.1 Å². The minimum absolute atomic E-state index is 0.0861. The molecule has 1 aliphatic rings. The Morgan fingerprint density at radius 1 is 0.800 bits per heavy atom. The van der Waals surface area contributed by atoms with Gasteiger partial charge in [-0.05, 0) is 31.6 Å². The minimum atomic E-state index is -0.848. The molecule has 0 aliphatic heterocycles. The van der Waals surface area contributed by atoms with Gasteiger partial charge in [0.2, 0.25) is 0 Å². The highest BCUT2D eigenvalue weighted by Crippen LogP contribution is 2.32. The number of carboxylic acid groups (broad SMARTS) is 1. The molecular formula is C26H48O4. The van der Waals surface area contributed by atoms with E-state index in [-0.39, 0.29) is 18.0 Å². The van der Waals surface area contributed by atoms with E-state index in [2.05, 4.69) is 20.8 Å². The Kier molecular flexibility index (Phi) is 14.9. The maximum atomic E-state index is 12.7. The van der Waals surface area contributed by atoms with E-state index in [1.165, 1.54) is 70.6 Å². The van der Waals surface area contributed by atoms with Crippen LogP contribution in [0.25, 0.3) is 0 Å². The number of ether oxygens (including phenoxy) is 1. The lowest BCUT2D eigenvalue weighted by molar-refractivity contribution is -0.165. The zero-order valence-electron chi connectivity index (χ0n) is 20.0. The summed E-state index contributed by atoms with van der Waals surface area (Å²) in [6.07, 6.45) is 19.7. The van der Waals surface area contributed by atoms with Crippen molar-refractivity contribution in [2.75, 3.05) is 0 Å². The van der Waals surface area contributed by atoms with Crippen molar-refractivity contribution >= 4 is 11.9 Å². The number of rotatable bonds is 17. The lowest BCUT2D eigenvalue weighted by atomic mass is 9.79. The highest BCUT2D eigenvalue weighted by Gasteiger charge is 2.37. The van der Waals surface area contributed by atoms with Gasteiger partial charge in [-0.3, -0.25) is 9.59 Å². The number of hydrogen-bond donors (Lipinski definition) is 1. The van der Waals surface area contributed by atoms with Crippen LogP contribution in [0.1, 0.15) is 130 Å². The van der Waals surface area contributed by atoms with Crippen molar-refractivity contribution < 1.29 is 19.4 Å². The number of carbonyl (C=O) groups excluding carboxylic acids is 1. The van der Waals surface area contributed by atoms with E-state index >= 15 is 0 Å². The summed E-state index contributed by atoms with van der Waals surface area (Å²) in [5, 5.41) is 9.42. The third-order valence-corrected chi connectivity index (χ3v) is 6.74. The molecule has 0 saturated heterocycles. The standard InChI is InChI=1S/C26H48O4/c1-4-5-6-7-8-9-10-11-12-13-14-15-20-24(21(2)3)30-26(29)23-19-17-16-18-22(23)25(27)28/h21-24H,4-20H2,1-3H3,(H,27,28). The smallest absolute Gasteiger partial charge is 0.310 e. The fourth-order valence-electron chi connectivity index (χ4n) is 4.66. The molecule has 1 aliphatic carbocycles. The first-order valence-corrected chi connectivity index (χ1v) is 12.9. The number of aliphatic carboxylic acids is 1. The molecule has 0 spiro atoms. The molecule has 1 N–H and O–H groups in total. The molecule has 3 unspecified atom stereocenters. The van der Waals surface area contributed by atoms with Gasteiger partial charge in [-0.2, -0.15) is 0 Å². The van der Waals surface area contributed by atoms with Gasteiger partial charge in [0, 0.05) is 0 Å². The van der Waals surface area contributed by atoms with Gasteiger partial charge in [0.05, 0.1) is 11.8 Å². The molecule has 0 aromatic heterocycles. The fourth-order valence-corrected chi connectivity index (χ4v) is 4.66. The normalized spacial score (nSPS) is 20.3. The summed E-state index contributed by atoms with van der Waals surface area (Å²) in [6.45, 7) is 6.45. The van der Waals surface area contributed by atoms with E-state index in [0.717, 1.165) is 25.7 Å². The zero-order valence-corrected chi connectivity index (χ0v) is 20.0. The molecule has 30 heavy (non-hydrogen) atoms. The third-order valence-electron chi connectivity index (χ3n) is 6.74. The second kappa shape index (κ2) is 16.6. The predicted molar refractivity (Wildman–Crippen MR) is 123 cm³/mol. The summed E-state index contributed by atoms with van der Waals surface area (Å²) in [5.74, 6) is -1.88. The lowest BCUT2D eigenvalue weighted by Crippen LogP contribution is -2.36. The zero-order chi connectivity index (χ0) is 22.2. The van der Waals surface area contributed by atoms with Crippen LogP contribution in [0.15, 0.2) is 0 Å². The van der Waals surface area contributed by atoms with Gasteiger partial charge < -0.3 is 9.84 Å². The number of carbonyl (C=O) groups is 2. The second-order valence-electron chi connectivity index (χ2n) is 9.73. The Morgan fingerprint density at radius 2 is 1.27 bits per heavy atom. The van der Waals surface area contributed by atoms with E-state index in [1.54, 1.807) is 0 Å². The van der Waals surface area contributed by atoms with Crippen molar-refractivity contribution in [2.45, 2.75) is 136 Å². The number of esters is 1. The topological polar surface area (TPSA) is 63.6 Å². The quantitative estimate of drug-likeness (QED) is 0.193.